The standard InChI is InChI=1S/C23H27F2N3O3/c1-14(2)21(28-22(29)20-17(24)8-5-9-18(20)25)23(30)27-13-15-10-11-19(26-12-15)31-16-6-3-4-7-16/h5,8-12,14,16,21H,3-4,6-7,13H2,1-2H3,(H,27,30)(H,28,29)/t21-/m0/s1. The number of pyridine rings is 1. The van der Waals surface area contributed by atoms with Gasteiger partial charge in [0, 0.05) is 18.8 Å². The van der Waals surface area contributed by atoms with Crippen LogP contribution in [-0.2, 0) is 11.3 Å². The zero-order valence-corrected chi connectivity index (χ0v) is 17.7. The quantitative estimate of drug-likeness (QED) is 0.667. The first kappa shape index (κ1) is 22.7. The Bertz CT molecular complexity index is 893. The number of hydrogen-bond acceptors (Lipinski definition) is 4. The second-order valence-electron chi connectivity index (χ2n) is 8.04. The van der Waals surface area contributed by atoms with Crippen LogP contribution in [-0.4, -0.2) is 28.9 Å². The zero-order valence-electron chi connectivity index (χ0n) is 17.7. The third-order valence-corrected chi connectivity index (χ3v) is 5.28. The third-order valence-electron chi connectivity index (χ3n) is 5.28. The monoisotopic (exact) mass is 431 g/mol. The van der Waals surface area contributed by atoms with Crippen LogP contribution < -0.4 is 15.4 Å². The summed E-state index contributed by atoms with van der Waals surface area (Å²) in [6.45, 7) is 3.67. The molecule has 3 rings (SSSR count). The van der Waals surface area contributed by atoms with Crippen molar-refractivity contribution < 1.29 is 23.1 Å². The van der Waals surface area contributed by atoms with Crippen molar-refractivity contribution in [3.8, 4) is 5.88 Å². The van der Waals surface area contributed by atoms with E-state index in [-0.39, 0.29) is 18.6 Å². The van der Waals surface area contributed by atoms with Crippen LogP contribution in [0.5, 0.6) is 5.88 Å². The molecule has 1 saturated carbocycles. The number of hydrogen-bond donors (Lipinski definition) is 2. The van der Waals surface area contributed by atoms with Crippen LogP contribution >= 0.6 is 0 Å². The summed E-state index contributed by atoms with van der Waals surface area (Å²) in [6, 6.07) is 5.79. The van der Waals surface area contributed by atoms with Crippen molar-refractivity contribution in [3.05, 3.63) is 59.3 Å². The van der Waals surface area contributed by atoms with Crippen molar-refractivity contribution in [1.82, 2.24) is 15.6 Å². The molecule has 1 atom stereocenters. The Morgan fingerprint density at radius 3 is 2.39 bits per heavy atom. The lowest BCUT2D eigenvalue weighted by atomic mass is 10.0. The highest BCUT2D eigenvalue weighted by atomic mass is 19.1. The molecule has 6 nitrogen and oxygen atoms in total. The first-order valence-electron chi connectivity index (χ1n) is 10.5. The highest BCUT2D eigenvalue weighted by Crippen LogP contribution is 2.23. The topological polar surface area (TPSA) is 80.3 Å². The fourth-order valence-electron chi connectivity index (χ4n) is 3.52. The minimum absolute atomic E-state index is 0.197. The smallest absolute Gasteiger partial charge is 0.257 e. The van der Waals surface area contributed by atoms with Crippen LogP contribution in [0.3, 0.4) is 0 Å². The van der Waals surface area contributed by atoms with Crippen LogP contribution in [0.4, 0.5) is 8.78 Å². The molecule has 1 heterocycles. The number of benzene rings is 1. The molecule has 8 heteroatoms. The number of amides is 2. The Morgan fingerprint density at radius 1 is 1.13 bits per heavy atom. The Kier molecular flexibility index (Phi) is 7.55. The average molecular weight is 431 g/mol. The highest BCUT2D eigenvalue weighted by Gasteiger charge is 2.27. The minimum Gasteiger partial charge on any atom is -0.474 e. The summed E-state index contributed by atoms with van der Waals surface area (Å²) in [6.07, 6.45) is 6.27. The lowest BCUT2D eigenvalue weighted by Crippen LogP contribution is -2.49. The molecule has 31 heavy (non-hydrogen) atoms. The summed E-state index contributed by atoms with van der Waals surface area (Å²) < 4.78 is 33.6. The molecular weight excluding hydrogens is 404 g/mol. The molecule has 1 fully saturated rings. The van der Waals surface area contributed by atoms with E-state index in [1.165, 1.54) is 18.9 Å². The summed E-state index contributed by atoms with van der Waals surface area (Å²) in [5.41, 5.74) is 0.0594. The van der Waals surface area contributed by atoms with Gasteiger partial charge >= 0.3 is 0 Å². The van der Waals surface area contributed by atoms with Crippen molar-refractivity contribution in [1.29, 1.82) is 0 Å². The number of nitrogens with one attached hydrogen (secondary N) is 2. The number of rotatable bonds is 8. The molecule has 1 aromatic carbocycles. The maximum absolute atomic E-state index is 13.9. The van der Waals surface area contributed by atoms with Gasteiger partial charge < -0.3 is 15.4 Å². The van der Waals surface area contributed by atoms with E-state index in [0.29, 0.717) is 5.88 Å². The number of aromatic nitrogens is 1. The first-order valence-corrected chi connectivity index (χ1v) is 10.5. The van der Waals surface area contributed by atoms with Gasteiger partial charge in [-0.05, 0) is 49.3 Å². The van der Waals surface area contributed by atoms with E-state index in [9.17, 15) is 18.4 Å². The summed E-state index contributed by atoms with van der Waals surface area (Å²) in [5, 5.41) is 5.17. The van der Waals surface area contributed by atoms with Crippen molar-refractivity contribution in [2.24, 2.45) is 5.92 Å². The van der Waals surface area contributed by atoms with Gasteiger partial charge in [0.05, 0.1) is 0 Å². The molecule has 1 aliphatic carbocycles. The molecule has 2 amide bonds. The van der Waals surface area contributed by atoms with Gasteiger partial charge in [-0.2, -0.15) is 0 Å². The van der Waals surface area contributed by atoms with Gasteiger partial charge in [-0.1, -0.05) is 26.0 Å². The molecular formula is C23H27F2N3O3. The first-order chi connectivity index (χ1) is 14.8. The number of carbonyl (C=O) groups excluding carboxylic acids is 2. The number of carbonyl (C=O) groups is 2. The molecule has 0 saturated heterocycles. The van der Waals surface area contributed by atoms with Gasteiger partial charge in [-0.3, -0.25) is 9.59 Å². The fraction of sp³-hybridized carbons (Fsp3) is 0.435. The number of halogens is 2. The Labute approximate surface area is 180 Å². The normalized spacial score (nSPS) is 15.0. The third kappa shape index (κ3) is 5.99. The summed E-state index contributed by atoms with van der Waals surface area (Å²) in [7, 11) is 0. The van der Waals surface area contributed by atoms with Gasteiger partial charge in [0.1, 0.15) is 29.3 Å². The Balaban J connectivity index is 1.57. The fourth-order valence-corrected chi connectivity index (χ4v) is 3.52. The summed E-state index contributed by atoms with van der Waals surface area (Å²) >= 11 is 0. The minimum atomic E-state index is -0.980. The number of nitrogens with zero attached hydrogens (tertiary/aromatic N) is 1. The molecule has 2 aromatic rings. The largest absolute Gasteiger partial charge is 0.474 e. The lowest BCUT2D eigenvalue weighted by molar-refractivity contribution is -0.124. The lowest BCUT2D eigenvalue weighted by Gasteiger charge is -2.22. The SMILES string of the molecule is CC(C)[C@H](NC(=O)c1c(F)cccc1F)C(=O)NCc1ccc(OC2CCCC2)nc1. The Morgan fingerprint density at radius 2 is 1.81 bits per heavy atom. The molecule has 166 valence electrons. The summed E-state index contributed by atoms with van der Waals surface area (Å²) in [4.78, 5) is 29.3. The van der Waals surface area contributed by atoms with E-state index in [4.69, 9.17) is 4.74 Å². The molecule has 0 spiro atoms. The van der Waals surface area contributed by atoms with Crippen molar-refractivity contribution in [2.75, 3.05) is 0 Å². The van der Waals surface area contributed by atoms with E-state index >= 15 is 0 Å². The van der Waals surface area contributed by atoms with Gasteiger partial charge in [0.25, 0.3) is 5.91 Å². The van der Waals surface area contributed by atoms with Crippen molar-refractivity contribution in [3.63, 3.8) is 0 Å². The van der Waals surface area contributed by atoms with E-state index in [0.717, 1.165) is 30.5 Å². The molecule has 1 aliphatic rings. The molecule has 0 bridgehead atoms. The van der Waals surface area contributed by atoms with Gasteiger partial charge in [0.2, 0.25) is 11.8 Å². The maximum atomic E-state index is 13.9. The zero-order chi connectivity index (χ0) is 22.4. The molecule has 0 unspecified atom stereocenters. The second kappa shape index (κ2) is 10.3. The Hall–Kier alpha value is -3.03. The highest BCUT2D eigenvalue weighted by molar-refractivity contribution is 5.98. The van der Waals surface area contributed by atoms with Crippen LogP contribution in [0.15, 0.2) is 36.5 Å². The van der Waals surface area contributed by atoms with E-state index < -0.39 is 35.1 Å². The van der Waals surface area contributed by atoms with E-state index in [1.807, 2.05) is 6.07 Å². The predicted molar refractivity (Wildman–Crippen MR) is 111 cm³/mol. The van der Waals surface area contributed by atoms with Gasteiger partial charge in [-0.15, -0.1) is 0 Å². The average Bonchev–Trinajstić information content (AvgIpc) is 3.24. The number of ether oxygens (including phenoxy) is 1. The van der Waals surface area contributed by atoms with E-state index in [2.05, 4.69) is 15.6 Å². The predicted octanol–water partition coefficient (Wildman–Crippen LogP) is 3.75. The van der Waals surface area contributed by atoms with Crippen molar-refractivity contribution >= 4 is 11.8 Å². The maximum Gasteiger partial charge on any atom is 0.257 e. The van der Waals surface area contributed by atoms with Crippen LogP contribution in [0, 0.1) is 17.6 Å². The van der Waals surface area contributed by atoms with Crippen molar-refractivity contribution in [2.45, 2.75) is 58.2 Å². The van der Waals surface area contributed by atoms with Gasteiger partial charge in [-0.25, -0.2) is 13.8 Å². The molecule has 1 aromatic heterocycles. The molecule has 2 N–H and O–H groups in total. The molecule has 0 aliphatic heterocycles. The van der Waals surface area contributed by atoms with Crippen LogP contribution in [0.2, 0.25) is 0 Å². The second-order valence-corrected chi connectivity index (χ2v) is 8.04. The summed E-state index contributed by atoms with van der Waals surface area (Å²) in [5.74, 6) is -3.12. The van der Waals surface area contributed by atoms with Crippen LogP contribution in [0.25, 0.3) is 0 Å². The van der Waals surface area contributed by atoms with E-state index in [1.54, 1.807) is 26.1 Å². The van der Waals surface area contributed by atoms with Gasteiger partial charge in [0.15, 0.2) is 0 Å². The van der Waals surface area contributed by atoms with Crippen LogP contribution in [0.1, 0.15) is 55.5 Å². The molecule has 0 radical (unpaired) electrons.